The fourth-order valence-corrected chi connectivity index (χ4v) is 1.72. The lowest BCUT2D eigenvalue weighted by molar-refractivity contribution is -0.129. The second-order valence-electron chi connectivity index (χ2n) is 3.76. The molecule has 3 heteroatoms. The van der Waals surface area contributed by atoms with E-state index in [1.54, 1.807) is 0 Å². The third-order valence-corrected chi connectivity index (χ3v) is 2.66. The third kappa shape index (κ3) is 1.03. The molecule has 3 rings (SSSR count). The number of carbonyl (C=O) groups is 1. The molecule has 0 spiro atoms. The van der Waals surface area contributed by atoms with E-state index in [-0.39, 0.29) is 5.91 Å². The Bertz CT molecular complexity index is 361. The molecule has 66 valence electrons. The van der Waals surface area contributed by atoms with Gasteiger partial charge in [0.05, 0.1) is 6.54 Å². The summed E-state index contributed by atoms with van der Waals surface area (Å²) in [7, 11) is 0. The highest BCUT2D eigenvalue weighted by molar-refractivity contribution is 5.92. The van der Waals surface area contributed by atoms with E-state index in [2.05, 4.69) is 4.99 Å². The van der Waals surface area contributed by atoms with Crippen molar-refractivity contribution in [2.75, 3.05) is 6.54 Å². The molecule has 2 heterocycles. The number of fused-ring (bicyclic) bond motifs is 1. The van der Waals surface area contributed by atoms with Gasteiger partial charge in [-0.15, -0.1) is 0 Å². The summed E-state index contributed by atoms with van der Waals surface area (Å²) >= 11 is 0. The molecule has 13 heavy (non-hydrogen) atoms. The Morgan fingerprint density at radius 3 is 3.08 bits per heavy atom. The van der Waals surface area contributed by atoms with E-state index >= 15 is 0 Å². The maximum absolute atomic E-state index is 11.6. The minimum absolute atomic E-state index is 0.288. The van der Waals surface area contributed by atoms with Crippen LogP contribution in [0.2, 0.25) is 0 Å². The molecule has 1 saturated carbocycles. The zero-order valence-electron chi connectivity index (χ0n) is 7.23. The molecule has 3 aliphatic rings. The van der Waals surface area contributed by atoms with Crippen molar-refractivity contribution >= 4 is 12.1 Å². The highest BCUT2D eigenvalue weighted by Gasteiger charge is 2.35. The average Bonchev–Trinajstić information content (AvgIpc) is 2.73. The minimum Gasteiger partial charge on any atom is -0.314 e. The summed E-state index contributed by atoms with van der Waals surface area (Å²) < 4.78 is 0. The van der Waals surface area contributed by atoms with Crippen LogP contribution in [-0.4, -0.2) is 23.6 Å². The fourth-order valence-electron chi connectivity index (χ4n) is 1.72. The summed E-state index contributed by atoms with van der Waals surface area (Å²) in [5.74, 6) is 0.601. The van der Waals surface area contributed by atoms with Crippen molar-refractivity contribution in [1.82, 2.24) is 4.90 Å². The van der Waals surface area contributed by atoms with Crippen LogP contribution in [0.4, 0.5) is 0 Å². The van der Waals surface area contributed by atoms with Crippen LogP contribution in [0.3, 0.4) is 0 Å². The monoisotopic (exact) mass is 174 g/mol. The Kier molecular flexibility index (Phi) is 1.26. The summed E-state index contributed by atoms with van der Waals surface area (Å²) in [4.78, 5) is 17.5. The molecule has 0 atom stereocenters. The van der Waals surface area contributed by atoms with Gasteiger partial charge in [0.25, 0.3) is 0 Å². The van der Waals surface area contributed by atoms with E-state index in [1.165, 1.54) is 5.57 Å². The molecule has 0 aromatic carbocycles. The van der Waals surface area contributed by atoms with Gasteiger partial charge in [-0.2, -0.15) is 0 Å². The minimum atomic E-state index is 0.288. The summed E-state index contributed by atoms with van der Waals surface area (Å²) in [5.41, 5.74) is 2.28. The number of nitrogens with zero attached hydrogens (tertiary/aromatic N) is 2. The van der Waals surface area contributed by atoms with Gasteiger partial charge in [0.2, 0.25) is 5.91 Å². The molecule has 0 N–H and O–H groups in total. The lowest BCUT2D eigenvalue weighted by Crippen LogP contribution is -2.25. The lowest BCUT2D eigenvalue weighted by atomic mass is 10.2. The Hall–Kier alpha value is -1.38. The number of hydrogen-bond donors (Lipinski definition) is 0. The summed E-state index contributed by atoms with van der Waals surface area (Å²) in [5, 5.41) is 0. The Labute approximate surface area is 76.4 Å². The average molecular weight is 174 g/mol. The maximum Gasteiger partial charge on any atom is 0.229 e. The SMILES string of the molecule is O=C(C1CC1)N1C=C2C=NC=C2C1. The number of aliphatic imine (C=N–C) groups is 1. The van der Waals surface area contributed by atoms with Crippen LogP contribution in [0, 0.1) is 5.92 Å². The van der Waals surface area contributed by atoms with Crippen LogP contribution in [0.1, 0.15) is 12.8 Å². The molecular formula is C10H10N2O. The largest absolute Gasteiger partial charge is 0.314 e. The van der Waals surface area contributed by atoms with Crippen LogP contribution in [-0.2, 0) is 4.79 Å². The van der Waals surface area contributed by atoms with Crippen molar-refractivity contribution in [2.45, 2.75) is 12.8 Å². The zero-order valence-corrected chi connectivity index (χ0v) is 7.23. The second kappa shape index (κ2) is 2.31. The zero-order chi connectivity index (χ0) is 8.84. The van der Waals surface area contributed by atoms with Gasteiger partial charge in [-0.05, 0) is 12.8 Å². The van der Waals surface area contributed by atoms with Gasteiger partial charge >= 0.3 is 0 Å². The molecule has 0 unspecified atom stereocenters. The smallest absolute Gasteiger partial charge is 0.229 e. The summed E-state index contributed by atoms with van der Waals surface area (Å²) in [6.07, 6.45) is 7.72. The number of amides is 1. The molecule has 0 aromatic heterocycles. The van der Waals surface area contributed by atoms with Crippen molar-refractivity contribution in [2.24, 2.45) is 10.9 Å². The Balaban J connectivity index is 1.82. The van der Waals surface area contributed by atoms with Gasteiger partial charge in [0.15, 0.2) is 0 Å². The first kappa shape index (κ1) is 7.06. The van der Waals surface area contributed by atoms with E-state index in [1.807, 2.05) is 23.5 Å². The summed E-state index contributed by atoms with van der Waals surface area (Å²) in [6, 6.07) is 0. The molecule has 1 fully saturated rings. The molecular weight excluding hydrogens is 164 g/mol. The van der Waals surface area contributed by atoms with E-state index < -0.39 is 0 Å². The number of rotatable bonds is 1. The normalized spacial score (nSPS) is 24.5. The Morgan fingerprint density at radius 1 is 1.54 bits per heavy atom. The lowest BCUT2D eigenvalue weighted by Gasteiger charge is -2.11. The molecule has 0 radical (unpaired) electrons. The third-order valence-electron chi connectivity index (χ3n) is 2.66. The number of hydrogen-bond acceptors (Lipinski definition) is 2. The predicted octanol–water partition coefficient (Wildman–Crippen LogP) is 1.09. The molecule has 2 aliphatic heterocycles. The first-order chi connectivity index (χ1) is 6.34. The molecule has 0 bridgehead atoms. The van der Waals surface area contributed by atoms with E-state index in [0.29, 0.717) is 5.92 Å². The van der Waals surface area contributed by atoms with E-state index in [9.17, 15) is 4.79 Å². The van der Waals surface area contributed by atoms with Crippen molar-refractivity contribution in [3.05, 3.63) is 23.5 Å². The predicted molar refractivity (Wildman–Crippen MR) is 49.1 cm³/mol. The fraction of sp³-hybridized carbons (Fsp3) is 0.400. The van der Waals surface area contributed by atoms with Crippen molar-refractivity contribution in [1.29, 1.82) is 0 Å². The van der Waals surface area contributed by atoms with E-state index in [4.69, 9.17) is 0 Å². The van der Waals surface area contributed by atoms with Crippen LogP contribution in [0.25, 0.3) is 0 Å². The van der Waals surface area contributed by atoms with Gasteiger partial charge in [-0.1, -0.05) is 0 Å². The van der Waals surface area contributed by atoms with Crippen molar-refractivity contribution in [3.8, 4) is 0 Å². The van der Waals surface area contributed by atoms with Crippen LogP contribution in [0.15, 0.2) is 28.5 Å². The molecule has 0 saturated heterocycles. The van der Waals surface area contributed by atoms with Crippen molar-refractivity contribution in [3.63, 3.8) is 0 Å². The van der Waals surface area contributed by atoms with Gasteiger partial charge in [0, 0.05) is 35.7 Å². The van der Waals surface area contributed by atoms with Crippen molar-refractivity contribution < 1.29 is 4.79 Å². The van der Waals surface area contributed by atoms with Crippen LogP contribution < -0.4 is 0 Å². The van der Waals surface area contributed by atoms with Gasteiger partial charge in [-0.25, -0.2) is 0 Å². The Morgan fingerprint density at radius 2 is 2.38 bits per heavy atom. The van der Waals surface area contributed by atoms with Crippen LogP contribution >= 0.6 is 0 Å². The number of carbonyl (C=O) groups excluding carboxylic acids is 1. The molecule has 3 nitrogen and oxygen atoms in total. The van der Waals surface area contributed by atoms with E-state index in [0.717, 1.165) is 25.0 Å². The quantitative estimate of drug-likeness (QED) is 0.585. The highest BCUT2D eigenvalue weighted by atomic mass is 16.2. The molecule has 1 amide bonds. The highest BCUT2D eigenvalue weighted by Crippen LogP contribution is 2.33. The molecule has 0 aromatic rings. The second-order valence-corrected chi connectivity index (χ2v) is 3.76. The first-order valence-electron chi connectivity index (χ1n) is 4.59. The van der Waals surface area contributed by atoms with Crippen LogP contribution in [0.5, 0.6) is 0 Å². The summed E-state index contributed by atoms with van der Waals surface area (Å²) in [6.45, 7) is 0.727. The standard InChI is InChI=1S/C10H10N2O/c13-10(7-1-2-7)12-5-8-3-11-4-9(8)6-12/h3-5,7H,1-2,6H2. The van der Waals surface area contributed by atoms with Gasteiger partial charge in [0.1, 0.15) is 0 Å². The maximum atomic E-state index is 11.6. The first-order valence-corrected chi connectivity index (χ1v) is 4.59. The topological polar surface area (TPSA) is 32.7 Å². The van der Waals surface area contributed by atoms with Gasteiger partial charge < -0.3 is 4.90 Å². The van der Waals surface area contributed by atoms with Gasteiger partial charge in [-0.3, -0.25) is 9.79 Å². The molecule has 1 aliphatic carbocycles.